The van der Waals surface area contributed by atoms with Crippen LogP contribution < -0.4 is 0 Å². The van der Waals surface area contributed by atoms with Gasteiger partial charge >= 0.3 is 221 Å². The zero-order valence-corrected chi connectivity index (χ0v) is 30.0. The maximum absolute atomic E-state index is 11.1. The number of rotatable bonds is 25. The van der Waals surface area contributed by atoms with E-state index in [1.54, 1.807) is 31.1 Å². The first-order valence-corrected chi connectivity index (χ1v) is 31.8. The SMILES string of the molecule is CCC[CH2][Sn]([CH2]CCC)([CH2]CCC)[CH2]CCC(O)C[CH2][Sn]([CH2]CCC)([CH2]CCC)[CH2]CCC. The van der Waals surface area contributed by atoms with E-state index in [0.717, 1.165) is 12.8 Å². The first kappa shape index (κ1) is 34.6. The van der Waals surface area contributed by atoms with Crippen LogP contribution in [-0.2, 0) is 0 Å². The van der Waals surface area contributed by atoms with Gasteiger partial charge in [-0.1, -0.05) is 0 Å². The van der Waals surface area contributed by atoms with Crippen LogP contribution in [0.5, 0.6) is 0 Å². The van der Waals surface area contributed by atoms with Crippen molar-refractivity contribution >= 4 is 36.8 Å². The molecule has 0 aliphatic carbocycles. The minimum atomic E-state index is -2.07. The molecule has 1 unspecified atom stereocenters. The van der Waals surface area contributed by atoms with Crippen LogP contribution >= 0.6 is 0 Å². The Morgan fingerprint density at radius 3 is 0.970 bits per heavy atom. The first-order valence-electron chi connectivity index (χ1n) is 15.6. The van der Waals surface area contributed by atoms with Crippen LogP contribution in [0.2, 0.25) is 35.5 Å². The molecule has 0 aromatic heterocycles. The fraction of sp³-hybridized carbons (Fsp3) is 1.00. The standard InChI is InChI=1S/C6H12O.6C4H9.2Sn/c1-3-5-6(7)4-2;6*1-3-4-2;;/h6-7H,1-5H2;6*1,3-4H2,2H3;;. The Morgan fingerprint density at radius 1 is 0.394 bits per heavy atom. The van der Waals surface area contributed by atoms with Gasteiger partial charge in [-0.05, 0) is 0 Å². The predicted molar refractivity (Wildman–Crippen MR) is 159 cm³/mol. The molecule has 0 amide bonds. The van der Waals surface area contributed by atoms with Gasteiger partial charge in [-0.25, -0.2) is 0 Å². The van der Waals surface area contributed by atoms with Crippen LogP contribution in [0, 0.1) is 0 Å². The van der Waals surface area contributed by atoms with Crippen molar-refractivity contribution in [1.29, 1.82) is 0 Å². The zero-order chi connectivity index (χ0) is 24.8. The molecule has 3 heteroatoms. The first-order chi connectivity index (χ1) is 16.0. The second kappa shape index (κ2) is 22.7. The van der Waals surface area contributed by atoms with Crippen molar-refractivity contribution in [2.45, 2.75) is 179 Å². The fourth-order valence-corrected chi connectivity index (χ4v) is 39.0. The van der Waals surface area contributed by atoms with E-state index in [1.165, 1.54) is 87.9 Å². The molecule has 0 saturated carbocycles. The Morgan fingerprint density at radius 2 is 0.667 bits per heavy atom. The number of unbranched alkanes of at least 4 members (excludes halogenated alkanes) is 6. The normalized spacial score (nSPS) is 13.5. The topological polar surface area (TPSA) is 20.2 Å². The van der Waals surface area contributed by atoms with Gasteiger partial charge in [-0.3, -0.25) is 0 Å². The summed E-state index contributed by atoms with van der Waals surface area (Å²) in [5, 5.41) is 11.1. The minimum absolute atomic E-state index is 0.00142. The van der Waals surface area contributed by atoms with Crippen molar-refractivity contribution < 1.29 is 5.11 Å². The number of aliphatic hydroxyl groups excluding tert-OH is 1. The van der Waals surface area contributed by atoms with Crippen LogP contribution in [-0.4, -0.2) is 48.0 Å². The Labute approximate surface area is 219 Å². The van der Waals surface area contributed by atoms with Crippen molar-refractivity contribution in [2.75, 3.05) is 0 Å². The van der Waals surface area contributed by atoms with Crippen molar-refractivity contribution in [1.82, 2.24) is 0 Å². The van der Waals surface area contributed by atoms with E-state index in [2.05, 4.69) is 41.5 Å². The number of hydrogen-bond acceptors (Lipinski definition) is 1. The summed E-state index contributed by atoms with van der Waals surface area (Å²) in [6.45, 7) is 14.3. The Balaban J connectivity index is 4.93. The zero-order valence-electron chi connectivity index (χ0n) is 24.3. The molecule has 200 valence electrons. The molecule has 0 aliphatic rings. The van der Waals surface area contributed by atoms with Gasteiger partial charge in [-0.15, -0.1) is 0 Å². The van der Waals surface area contributed by atoms with Crippen molar-refractivity contribution in [3.63, 3.8) is 0 Å². The third-order valence-electron chi connectivity index (χ3n) is 8.62. The van der Waals surface area contributed by atoms with E-state index in [-0.39, 0.29) is 6.10 Å². The monoisotopic (exact) mass is 682 g/mol. The van der Waals surface area contributed by atoms with Gasteiger partial charge in [-0.2, -0.15) is 0 Å². The molecule has 0 spiro atoms. The van der Waals surface area contributed by atoms with Gasteiger partial charge in [0.2, 0.25) is 0 Å². The average Bonchev–Trinajstić information content (AvgIpc) is 2.83. The number of hydrogen-bond donors (Lipinski definition) is 1. The van der Waals surface area contributed by atoms with E-state index >= 15 is 0 Å². The maximum atomic E-state index is 11.1. The number of aliphatic hydroxyl groups is 1. The molecule has 0 bridgehead atoms. The molecule has 0 aromatic rings. The van der Waals surface area contributed by atoms with Crippen molar-refractivity contribution in [3.8, 4) is 0 Å². The van der Waals surface area contributed by atoms with Crippen LogP contribution in [0.4, 0.5) is 0 Å². The van der Waals surface area contributed by atoms with E-state index in [9.17, 15) is 5.11 Å². The van der Waals surface area contributed by atoms with Crippen LogP contribution in [0.3, 0.4) is 0 Å². The van der Waals surface area contributed by atoms with Crippen molar-refractivity contribution in [2.24, 2.45) is 0 Å². The second-order valence-electron chi connectivity index (χ2n) is 11.7. The average molecular weight is 680 g/mol. The molecule has 1 N–H and O–H groups in total. The molecule has 0 rings (SSSR count). The molecular formula is C30H66OSn2. The van der Waals surface area contributed by atoms with E-state index in [0.29, 0.717) is 0 Å². The van der Waals surface area contributed by atoms with Crippen LogP contribution in [0.1, 0.15) is 138 Å². The van der Waals surface area contributed by atoms with E-state index < -0.39 is 36.8 Å². The van der Waals surface area contributed by atoms with Gasteiger partial charge < -0.3 is 0 Å². The molecule has 0 aromatic carbocycles. The van der Waals surface area contributed by atoms with Crippen LogP contribution in [0.25, 0.3) is 0 Å². The third kappa shape index (κ3) is 16.8. The molecule has 1 atom stereocenters. The summed E-state index contributed by atoms with van der Waals surface area (Å²) in [7, 11) is 0. The molecule has 0 heterocycles. The molecule has 1 nitrogen and oxygen atoms in total. The quantitative estimate of drug-likeness (QED) is 0.0952. The Kier molecular flexibility index (Phi) is 23.8. The molecular weight excluding hydrogens is 614 g/mol. The second-order valence-corrected chi connectivity index (χ2v) is 40.2. The molecule has 0 aliphatic heterocycles. The molecule has 0 radical (unpaired) electrons. The molecule has 0 saturated heterocycles. The Hall–Kier alpha value is 1.56. The van der Waals surface area contributed by atoms with Gasteiger partial charge in [0.25, 0.3) is 0 Å². The summed E-state index contributed by atoms with van der Waals surface area (Å²) in [5.74, 6) is 0. The summed E-state index contributed by atoms with van der Waals surface area (Å²) in [5.41, 5.74) is 0. The molecule has 0 fully saturated rings. The van der Waals surface area contributed by atoms with E-state index in [4.69, 9.17) is 0 Å². The van der Waals surface area contributed by atoms with Gasteiger partial charge in [0.15, 0.2) is 0 Å². The van der Waals surface area contributed by atoms with Gasteiger partial charge in [0, 0.05) is 0 Å². The van der Waals surface area contributed by atoms with Gasteiger partial charge in [0.05, 0.1) is 0 Å². The predicted octanol–water partition coefficient (Wildman–Crippen LogP) is 11.2. The Bertz CT molecular complexity index is 369. The van der Waals surface area contributed by atoms with Crippen LogP contribution in [0.15, 0.2) is 0 Å². The van der Waals surface area contributed by atoms with Crippen molar-refractivity contribution in [3.05, 3.63) is 0 Å². The summed E-state index contributed by atoms with van der Waals surface area (Å²) >= 11 is -4.08. The fourth-order valence-electron chi connectivity index (χ4n) is 6.14. The summed E-state index contributed by atoms with van der Waals surface area (Å²) < 4.78 is 12.7. The van der Waals surface area contributed by atoms with E-state index in [1.807, 2.05) is 0 Å². The molecule has 33 heavy (non-hydrogen) atoms. The summed E-state index contributed by atoms with van der Waals surface area (Å²) in [6.07, 6.45) is 20.6. The summed E-state index contributed by atoms with van der Waals surface area (Å²) in [6, 6.07) is 0. The summed E-state index contributed by atoms with van der Waals surface area (Å²) in [4.78, 5) is 0. The third-order valence-corrected chi connectivity index (χ3v) is 40.7. The van der Waals surface area contributed by atoms with Gasteiger partial charge in [0.1, 0.15) is 0 Å².